The van der Waals surface area contributed by atoms with Crippen LogP contribution in [0.2, 0.25) is 5.02 Å². The summed E-state index contributed by atoms with van der Waals surface area (Å²) in [6.07, 6.45) is 0.646. The molecule has 30 heavy (non-hydrogen) atoms. The molecule has 0 saturated carbocycles. The second-order valence-electron chi connectivity index (χ2n) is 7.74. The van der Waals surface area contributed by atoms with Crippen molar-refractivity contribution in [2.24, 2.45) is 0 Å². The van der Waals surface area contributed by atoms with Crippen molar-refractivity contribution in [1.29, 1.82) is 0 Å². The van der Waals surface area contributed by atoms with Crippen molar-refractivity contribution in [3.8, 4) is 5.75 Å². The second kappa shape index (κ2) is 8.13. The van der Waals surface area contributed by atoms with Gasteiger partial charge in [0.05, 0.1) is 29.6 Å². The number of H-pyrrole nitrogens is 1. The van der Waals surface area contributed by atoms with Crippen molar-refractivity contribution in [3.63, 3.8) is 0 Å². The van der Waals surface area contributed by atoms with Gasteiger partial charge >= 0.3 is 0 Å². The summed E-state index contributed by atoms with van der Waals surface area (Å²) >= 11 is 6.32. The van der Waals surface area contributed by atoms with E-state index in [1.807, 2.05) is 36.9 Å². The van der Waals surface area contributed by atoms with Crippen LogP contribution in [-0.4, -0.2) is 36.0 Å². The van der Waals surface area contributed by atoms with Crippen molar-refractivity contribution < 1.29 is 9.53 Å². The van der Waals surface area contributed by atoms with Crippen LogP contribution in [0.5, 0.6) is 5.75 Å². The molecule has 3 aromatic rings. The summed E-state index contributed by atoms with van der Waals surface area (Å²) in [5, 5.41) is 3.80. The van der Waals surface area contributed by atoms with Gasteiger partial charge in [0.2, 0.25) is 5.91 Å². The molecule has 0 bridgehead atoms. The zero-order valence-corrected chi connectivity index (χ0v) is 18.0. The van der Waals surface area contributed by atoms with Gasteiger partial charge in [-0.25, -0.2) is 0 Å². The Morgan fingerprint density at radius 3 is 2.83 bits per heavy atom. The number of anilines is 1. The van der Waals surface area contributed by atoms with Gasteiger partial charge in [-0.1, -0.05) is 23.7 Å². The quantitative estimate of drug-likeness (QED) is 0.666. The first-order valence-corrected chi connectivity index (χ1v) is 10.2. The van der Waals surface area contributed by atoms with Crippen LogP contribution in [-0.2, 0) is 17.8 Å². The summed E-state index contributed by atoms with van der Waals surface area (Å²) in [4.78, 5) is 31.1. The lowest BCUT2D eigenvalue weighted by molar-refractivity contribution is -0.117. The molecule has 7 heteroatoms. The third-order valence-electron chi connectivity index (χ3n) is 5.57. The number of nitrogens with one attached hydrogen (secondary N) is 2. The number of ether oxygens (including phenoxy) is 1. The summed E-state index contributed by atoms with van der Waals surface area (Å²) in [5.41, 5.74) is 4.97. The number of aromatic nitrogens is 1. The van der Waals surface area contributed by atoms with Gasteiger partial charge in [0.1, 0.15) is 5.75 Å². The maximum Gasteiger partial charge on any atom is 0.238 e. The summed E-state index contributed by atoms with van der Waals surface area (Å²) in [6, 6.07) is 9.39. The predicted molar refractivity (Wildman–Crippen MR) is 120 cm³/mol. The van der Waals surface area contributed by atoms with Crippen LogP contribution >= 0.6 is 11.6 Å². The molecule has 156 valence electrons. The topological polar surface area (TPSA) is 74.4 Å². The number of pyridine rings is 1. The maximum atomic E-state index is 13.2. The molecular formula is C23H24ClN3O3. The van der Waals surface area contributed by atoms with E-state index in [1.54, 1.807) is 19.2 Å². The van der Waals surface area contributed by atoms with Crippen LogP contribution in [0, 0.1) is 13.8 Å². The van der Waals surface area contributed by atoms with Crippen molar-refractivity contribution >= 4 is 34.1 Å². The highest BCUT2D eigenvalue weighted by atomic mass is 35.5. The zero-order valence-electron chi connectivity index (χ0n) is 17.3. The Morgan fingerprint density at radius 1 is 1.27 bits per heavy atom. The first-order chi connectivity index (χ1) is 14.4. The number of fused-ring (bicyclic) bond motifs is 2. The molecule has 0 unspecified atom stereocenters. The summed E-state index contributed by atoms with van der Waals surface area (Å²) in [6.45, 7) is 5.25. The SMILES string of the molecule is COc1ccc(Cl)c2c(=O)c3c([nH]c12)CCN(CC(=O)Nc1cc(C)ccc1C)C3. The number of benzene rings is 2. The molecule has 1 aliphatic heterocycles. The standard InChI is InChI=1S/C23H24ClN3O3/c1-13-4-5-14(2)18(10-13)25-20(28)12-27-9-8-17-15(11-27)23(29)21-16(24)6-7-19(30-3)22(21)26-17/h4-7,10H,8-9,11-12H2,1-3H3,(H,25,28)(H,26,29). The smallest absolute Gasteiger partial charge is 0.238 e. The van der Waals surface area contributed by atoms with Crippen LogP contribution in [0.15, 0.2) is 35.1 Å². The highest BCUT2D eigenvalue weighted by molar-refractivity contribution is 6.35. The number of hydrogen-bond donors (Lipinski definition) is 2. The number of carbonyl (C=O) groups is 1. The van der Waals surface area contributed by atoms with Crippen molar-refractivity contribution in [3.05, 3.63) is 68.0 Å². The van der Waals surface area contributed by atoms with Crippen molar-refractivity contribution in [1.82, 2.24) is 9.88 Å². The third-order valence-corrected chi connectivity index (χ3v) is 5.89. The van der Waals surface area contributed by atoms with Crippen LogP contribution in [0.4, 0.5) is 5.69 Å². The highest BCUT2D eigenvalue weighted by Crippen LogP contribution is 2.30. The minimum absolute atomic E-state index is 0.0935. The average molecular weight is 426 g/mol. The molecule has 0 saturated heterocycles. The van der Waals surface area contributed by atoms with Crippen molar-refractivity contribution in [2.75, 3.05) is 25.5 Å². The zero-order chi connectivity index (χ0) is 21.4. The predicted octanol–water partition coefficient (Wildman–Crippen LogP) is 3.80. The molecule has 2 heterocycles. The average Bonchev–Trinajstić information content (AvgIpc) is 2.71. The number of methoxy groups -OCH3 is 1. The summed E-state index contributed by atoms with van der Waals surface area (Å²) in [5.74, 6) is 0.494. The highest BCUT2D eigenvalue weighted by Gasteiger charge is 2.24. The molecule has 0 radical (unpaired) electrons. The Balaban J connectivity index is 1.57. The molecule has 1 amide bonds. The fraction of sp³-hybridized carbons (Fsp3) is 0.304. The van der Waals surface area contributed by atoms with E-state index in [4.69, 9.17) is 16.3 Å². The van der Waals surface area contributed by atoms with Gasteiger partial charge in [0.25, 0.3) is 0 Å². The fourth-order valence-electron chi connectivity index (χ4n) is 3.94. The van der Waals surface area contributed by atoms with Crippen LogP contribution in [0.25, 0.3) is 10.9 Å². The third kappa shape index (κ3) is 3.80. The van der Waals surface area contributed by atoms with E-state index in [-0.39, 0.29) is 17.9 Å². The molecule has 1 aliphatic rings. The molecule has 2 N–H and O–H groups in total. The van der Waals surface area contributed by atoms with Gasteiger partial charge in [-0.15, -0.1) is 0 Å². The van der Waals surface area contributed by atoms with E-state index in [2.05, 4.69) is 10.3 Å². The van der Waals surface area contributed by atoms with E-state index in [0.717, 1.165) is 22.5 Å². The number of aromatic amines is 1. The van der Waals surface area contributed by atoms with E-state index >= 15 is 0 Å². The van der Waals surface area contributed by atoms with Crippen LogP contribution in [0.1, 0.15) is 22.4 Å². The van der Waals surface area contributed by atoms with Gasteiger partial charge in [0, 0.05) is 36.5 Å². The van der Waals surface area contributed by atoms with Gasteiger partial charge in [-0.2, -0.15) is 0 Å². The second-order valence-corrected chi connectivity index (χ2v) is 8.15. The lowest BCUT2D eigenvalue weighted by atomic mass is 10.0. The Morgan fingerprint density at radius 2 is 2.07 bits per heavy atom. The number of hydrogen-bond acceptors (Lipinski definition) is 4. The van der Waals surface area contributed by atoms with Gasteiger partial charge < -0.3 is 15.0 Å². The van der Waals surface area contributed by atoms with Crippen LogP contribution in [0.3, 0.4) is 0 Å². The number of halogens is 1. The lowest BCUT2D eigenvalue weighted by Gasteiger charge is -2.28. The Kier molecular flexibility index (Phi) is 5.54. The lowest BCUT2D eigenvalue weighted by Crippen LogP contribution is -2.39. The maximum absolute atomic E-state index is 13.2. The van der Waals surface area contributed by atoms with E-state index in [0.29, 0.717) is 46.7 Å². The Hall–Kier alpha value is -2.83. The molecule has 2 aromatic carbocycles. The Labute approximate surface area is 179 Å². The molecule has 4 rings (SSSR count). The monoisotopic (exact) mass is 425 g/mol. The molecule has 0 aliphatic carbocycles. The first-order valence-electron chi connectivity index (χ1n) is 9.87. The summed E-state index contributed by atoms with van der Waals surface area (Å²) < 4.78 is 5.38. The number of nitrogens with zero attached hydrogens (tertiary/aromatic N) is 1. The van der Waals surface area contributed by atoms with Gasteiger partial charge in [-0.05, 0) is 43.2 Å². The minimum Gasteiger partial charge on any atom is -0.495 e. The molecule has 0 spiro atoms. The van der Waals surface area contributed by atoms with Crippen LogP contribution < -0.4 is 15.5 Å². The minimum atomic E-state index is -0.109. The van der Waals surface area contributed by atoms with E-state index < -0.39 is 0 Å². The van der Waals surface area contributed by atoms with E-state index in [1.165, 1.54) is 0 Å². The normalized spacial score (nSPS) is 13.9. The number of amides is 1. The molecular weight excluding hydrogens is 402 g/mol. The van der Waals surface area contributed by atoms with Crippen molar-refractivity contribution in [2.45, 2.75) is 26.8 Å². The molecule has 0 atom stereocenters. The summed E-state index contributed by atoms with van der Waals surface area (Å²) in [7, 11) is 1.57. The number of aryl methyl sites for hydroxylation is 2. The first kappa shape index (κ1) is 20.4. The molecule has 6 nitrogen and oxygen atoms in total. The fourth-order valence-corrected chi connectivity index (χ4v) is 4.18. The van der Waals surface area contributed by atoms with Gasteiger partial charge in [-0.3, -0.25) is 14.5 Å². The van der Waals surface area contributed by atoms with Gasteiger partial charge in [0.15, 0.2) is 5.43 Å². The Bertz CT molecular complexity index is 1200. The largest absolute Gasteiger partial charge is 0.495 e. The number of carbonyl (C=O) groups excluding carboxylic acids is 1. The van der Waals surface area contributed by atoms with E-state index in [9.17, 15) is 9.59 Å². The number of rotatable bonds is 4. The molecule has 0 fully saturated rings. The molecule has 1 aromatic heterocycles.